The standard InChI is InChI=1S/C24H28ClFN6O/c25-19-5-4-6-20-21(19)18(15-32(20)23-28-13-17(26)14-29-23)22(33)30-16-24(7-2-1-3-8-24)31-11-9-27-10-12-31/h4-6,13-15,27H,1-3,7-12,16H2,(H,30,33). The second kappa shape index (κ2) is 9.37. The van der Waals surface area contributed by atoms with Gasteiger partial charge in [0.05, 0.1) is 28.5 Å². The number of carbonyl (C=O) groups is 1. The van der Waals surface area contributed by atoms with Gasteiger partial charge in [0.15, 0.2) is 5.82 Å². The number of hydrogen-bond acceptors (Lipinski definition) is 5. The molecule has 0 atom stereocenters. The Hall–Kier alpha value is -2.55. The van der Waals surface area contributed by atoms with Crippen molar-refractivity contribution in [3.05, 3.63) is 53.2 Å². The van der Waals surface area contributed by atoms with Crippen molar-refractivity contribution in [1.29, 1.82) is 0 Å². The molecule has 2 N–H and O–H groups in total. The van der Waals surface area contributed by atoms with Gasteiger partial charge in [0.2, 0.25) is 5.95 Å². The third kappa shape index (κ3) is 4.35. The fraction of sp³-hybridized carbons (Fsp3) is 0.458. The minimum absolute atomic E-state index is 0.00174. The summed E-state index contributed by atoms with van der Waals surface area (Å²) in [6, 6.07) is 5.43. The Morgan fingerprint density at radius 1 is 1.15 bits per heavy atom. The first kappa shape index (κ1) is 22.3. The molecule has 1 aromatic carbocycles. The van der Waals surface area contributed by atoms with Gasteiger partial charge in [-0.25, -0.2) is 14.4 Å². The van der Waals surface area contributed by atoms with Gasteiger partial charge in [0, 0.05) is 49.8 Å². The number of fused-ring (bicyclic) bond motifs is 1. The summed E-state index contributed by atoms with van der Waals surface area (Å²) >= 11 is 6.52. The van der Waals surface area contributed by atoms with E-state index < -0.39 is 5.82 Å². The van der Waals surface area contributed by atoms with Gasteiger partial charge >= 0.3 is 0 Å². The molecule has 7 nitrogen and oxygen atoms in total. The molecule has 9 heteroatoms. The van der Waals surface area contributed by atoms with E-state index in [0.29, 0.717) is 28.0 Å². The van der Waals surface area contributed by atoms with Crippen LogP contribution in [0.3, 0.4) is 0 Å². The zero-order valence-electron chi connectivity index (χ0n) is 18.5. The first-order chi connectivity index (χ1) is 16.1. The summed E-state index contributed by atoms with van der Waals surface area (Å²) in [5.41, 5.74) is 1.17. The Labute approximate surface area is 197 Å². The smallest absolute Gasteiger partial charge is 0.253 e. The molecule has 174 valence electrons. The lowest BCUT2D eigenvalue weighted by Gasteiger charge is -2.48. The van der Waals surface area contributed by atoms with Gasteiger partial charge in [-0.2, -0.15) is 0 Å². The van der Waals surface area contributed by atoms with Crippen LogP contribution in [-0.2, 0) is 0 Å². The lowest BCUT2D eigenvalue weighted by atomic mass is 9.79. The van der Waals surface area contributed by atoms with Crippen molar-refractivity contribution in [2.45, 2.75) is 37.6 Å². The molecule has 0 unspecified atom stereocenters. The molecule has 0 spiro atoms. The Morgan fingerprint density at radius 2 is 1.88 bits per heavy atom. The minimum atomic E-state index is -0.517. The van der Waals surface area contributed by atoms with Crippen LogP contribution in [0.15, 0.2) is 36.8 Å². The molecule has 1 saturated heterocycles. The van der Waals surface area contributed by atoms with E-state index in [9.17, 15) is 9.18 Å². The quantitative estimate of drug-likeness (QED) is 0.596. The molecule has 5 rings (SSSR count). The van der Waals surface area contributed by atoms with Crippen molar-refractivity contribution in [1.82, 2.24) is 30.1 Å². The van der Waals surface area contributed by atoms with Gasteiger partial charge in [0.25, 0.3) is 5.91 Å². The fourth-order valence-corrected chi connectivity index (χ4v) is 5.58. The SMILES string of the molecule is O=C(NCC1(N2CCNCC2)CCCCC1)c1cn(-c2ncc(F)cn2)c2cccc(Cl)c12. The number of rotatable bonds is 5. The zero-order valence-corrected chi connectivity index (χ0v) is 19.2. The Bertz CT molecular complexity index is 1140. The molecular weight excluding hydrogens is 443 g/mol. The highest BCUT2D eigenvalue weighted by Gasteiger charge is 2.38. The second-order valence-electron chi connectivity index (χ2n) is 8.95. The van der Waals surface area contributed by atoms with E-state index in [1.54, 1.807) is 16.8 Å². The average molecular weight is 471 g/mol. The zero-order chi connectivity index (χ0) is 22.8. The van der Waals surface area contributed by atoms with E-state index in [-0.39, 0.29) is 17.4 Å². The molecule has 1 saturated carbocycles. The summed E-state index contributed by atoms with van der Waals surface area (Å²) < 4.78 is 15.0. The number of carbonyl (C=O) groups excluding carboxylic acids is 1. The van der Waals surface area contributed by atoms with E-state index in [2.05, 4.69) is 25.5 Å². The number of amides is 1. The first-order valence-corrected chi connectivity index (χ1v) is 12.0. The van der Waals surface area contributed by atoms with Gasteiger partial charge in [-0.1, -0.05) is 36.9 Å². The molecule has 0 radical (unpaired) electrons. The fourth-order valence-electron chi connectivity index (χ4n) is 5.30. The maximum Gasteiger partial charge on any atom is 0.253 e. The van der Waals surface area contributed by atoms with Crippen LogP contribution in [0.4, 0.5) is 4.39 Å². The normalized spacial score (nSPS) is 19.0. The number of piperazine rings is 1. The number of aromatic nitrogens is 3. The monoisotopic (exact) mass is 470 g/mol. The molecule has 1 aliphatic heterocycles. The van der Waals surface area contributed by atoms with Crippen molar-refractivity contribution < 1.29 is 9.18 Å². The molecule has 3 heterocycles. The van der Waals surface area contributed by atoms with Crippen molar-refractivity contribution in [2.75, 3.05) is 32.7 Å². The number of benzene rings is 1. The topological polar surface area (TPSA) is 75.1 Å². The molecule has 1 amide bonds. The Balaban J connectivity index is 1.45. The summed E-state index contributed by atoms with van der Waals surface area (Å²) in [6.45, 7) is 4.58. The van der Waals surface area contributed by atoms with Crippen LogP contribution >= 0.6 is 11.6 Å². The van der Waals surface area contributed by atoms with Crippen LogP contribution in [0.25, 0.3) is 16.9 Å². The Kier molecular flexibility index (Phi) is 6.32. The van der Waals surface area contributed by atoms with E-state index in [0.717, 1.165) is 51.4 Å². The summed E-state index contributed by atoms with van der Waals surface area (Å²) in [7, 11) is 0. The van der Waals surface area contributed by atoms with E-state index in [1.807, 2.05) is 12.1 Å². The predicted octanol–water partition coefficient (Wildman–Crippen LogP) is 3.55. The van der Waals surface area contributed by atoms with E-state index in [4.69, 9.17) is 11.6 Å². The Morgan fingerprint density at radius 3 is 2.61 bits per heavy atom. The lowest BCUT2D eigenvalue weighted by Crippen LogP contribution is -2.61. The van der Waals surface area contributed by atoms with Crippen molar-refractivity contribution in [2.24, 2.45) is 0 Å². The molecule has 2 fully saturated rings. The molecule has 0 bridgehead atoms. The first-order valence-electron chi connectivity index (χ1n) is 11.6. The van der Waals surface area contributed by atoms with Gasteiger partial charge in [0.1, 0.15) is 0 Å². The van der Waals surface area contributed by atoms with E-state index in [1.165, 1.54) is 19.3 Å². The van der Waals surface area contributed by atoms with Gasteiger partial charge in [-0.05, 0) is 25.0 Å². The summed E-state index contributed by atoms with van der Waals surface area (Å²) in [5.74, 6) is -0.404. The maximum atomic E-state index is 13.5. The second-order valence-corrected chi connectivity index (χ2v) is 9.36. The number of halogens is 2. The highest BCUT2D eigenvalue weighted by Crippen LogP contribution is 2.34. The van der Waals surface area contributed by atoms with Crippen LogP contribution in [0.2, 0.25) is 5.02 Å². The van der Waals surface area contributed by atoms with Crippen molar-refractivity contribution in [3.63, 3.8) is 0 Å². The third-order valence-corrected chi connectivity index (χ3v) is 7.31. The molecule has 3 aromatic rings. The molecular formula is C24H28ClFN6O. The van der Waals surface area contributed by atoms with Gasteiger partial charge in [-0.3, -0.25) is 14.3 Å². The molecule has 2 aliphatic rings. The van der Waals surface area contributed by atoms with Crippen LogP contribution in [0.5, 0.6) is 0 Å². The van der Waals surface area contributed by atoms with Gasteiger partial charge in [-0.15, -0.1) is 0 Å². The van der Waals surface area contributed by atoms with Crippen LogP contribution < -0.4 is 10.6 Å². The summed E-state index contributed by atoms with van der Waals surface area (Å²) in [5, 5.41) is 7.78. The summed E-state index contributed by atoms with van der Waals surface area (Å²) in [4.78, 5) is 24.2. The highest BCUT2D eigenvalue weighted by atomic mass is 35.5. The van der Waals surface area contributed by atoms with E-state index >= 15 is 0 Å². The molecule has 2 aromatic heterocycles. The molecule has 33 heavy (non-hydrogen) atoms. The average Bonchev–Trinajstić information content (AvgIpc) is 3.25. The summed E-state index contributed by atoms with van der Waals surface area (Å²) in [6.07, 6.45) is 9.73. The third-order valence-electron chi connectivity index (χ3n) is 7.00. The van der Waals surface area contributed by atoms with Crippen LogP contribution in [0, 0.1) is 5.82 Å². The maximum absolute atomic E-state index is 13.5. The number of hydrogen-bond donors (Lipinski definition) is 2. The van der Waals surface area contributed by atoms with Crippen LogP contribution in [0.1, 0.15) is 42.5 Å². The highest BCUT2D eigenvalue weighted by molar-refractivity contribution is 6.37. The van der Waals surface area contributed by atoms with Crippen molar-refractivity contribution in [3.8, 4) is 5.95 Å². The van der Waals surface area contributed by atoms with Crippen LogP contribution in [-0.4, -0.2) is 63.6 Å². The number of nitrogens with zero attached hydrogens (tertiary/aromatic N) is 4. The lowest BCUT2D eigenvalue weighted by molar-refractivity contribution is 0.0379. The predicted molar refractivity (Wildman–Crippen MR) is 126 cm³/mol. The number of nitrogens with one attached hydrogen (secondary N) is 2. The van der Waals surface area contributed by atoms with Crippen molar-refractivity contribution >= 4 is 28.4 Å². The molecule has 1 aliphatic carbocycles. The van der Waals surface area contributed by atoms with Gasteiger partial charge < -0.3 is 10.6 Å². The largest absolute Gasteiger partial charge is 0.350 e. The minimum Gasteiger partial charge on any atom is -0.350 e.